The van der Waals surface area contributed by atoms with Crippen molar-refractivity contribution in [2.24, 2.45) is 5.10 Å². The van der Waals surface area contributed by atoms with Crippen LogP contribution < -0.4 is 10.2 Å². The number of rotatable bonds is 5. The van der Waals surface area contributed by atoms with Crippen molar-refractivity contribution in [3.8, 4) is 5.75 Å². The molecule has 0 aliphatic heterocycles. The second-order valence-electron chi connectivity index (χ2n) is 5.50. The van der Waals surface area contributed by atoms with Gasteiger partial charge in [-0.3, -0.25) is 4.79 Å². The van der Waals surface area contributed by atoms with Gasteiger partial charge in [0.2, 0.25) is 5.91 Å². The lowest BCUT2D eigenvalue weighted by Gasteiger charge is -2.06. The predicted molar refractivity (Wildman–Crippen MR) is 104 cm³/mol. The van der Waals surface area contributed by atoms with E-state index in [1.165, 1.54) is 0 Å². The first kappa shape index (κ1) is 17.2. The summed E-state index contributed by atoms with van der Waals surface area (Å²) in [6.45, 7) is 0. The van der Waals surface area contributed by atoms with Gasteiger partial charge in [0, 0.05) is 0 Å². The van der Waals surface area contributed by atoms with Crippen molar-refractivity contribution in [1.82, 2.24) is 5.43 Å². The van der Waals surface area contributed by atoms with E-state index in [9.17, 15) is 4.79 Å². The van der Waals surface area contributed by atoms with E-state index >= 15 is 0 Å². The number of carbonyl (C=O) groups excluding carboxylic acids is 1. The topological polar surface area (TPSA) is 50.7 Å². The number of halogens is 1. The first-order chi connectivity index (χ1) is 12.2. The van der Waals surface area contributed by atoms with Crippen molar-refractivity contribution < 1.29 is 9.53 Å². The summed E-state index contributed by atoms with van der Waals surface area (Å²) < 4.78 is 6.02. The molecule has 0 fully saturated rings. The van der Waals surface area contributed by atoms with Crippen LogP contribution in [0.25, 0.3) is 10.8 Å². The molecule has 1 N–H and O–H groups in total. The Kier molecular flexibility index (Phi) is 5.46. The fraction of sp³-hybridized carbons (Fsp3) is 0.100. The minimum Gasteiger partial charge on any atom is -0.496 e. The molecule has 126 valence electrons. The third kappa shape index (κ3) is 4.25. The highest BCUT2D eigenvalue weighted by atomic mass is 79.9. The van der Waals surface area contributed by atoms with Crippen LogP contribution in [-0.4, -0.2) is 19.2 Å². The Balaban J connectivity index is 1.65. The normalized spacial score (nSPS) is 11.0. The smallest absolute Gasteiger partial charge is 0.244 e. The number of carbonyl (C=O) groups is 1. The van der Waals surface area contributed by atoms with Crippen LogP contribution in [0.5, 0.6) is 5.75 Å². The van der Waals surface area contributed by atoms with Crippen molar-refractivity contribution in [2.45, 2.75) is 6.42 Å². The summed E-state index contributed by atoms with van der Waals surface area (Å²) >= 11 is 3.42. The zero-order valence-corrected chi connectivity index (χ0v) is 15.3. The molecule has 0 saturated heterocycles. The predicted octanol–water partition coefficient (Wildman–Crippen LogP) is 4.30. The molecule has 25 heavy (non-hydrogen) atoms. The van der Waals surface area contributed by atoms with Crippen LogP contribution in [0.4, 0.5) is 0 Å². The highest BCUT2D eigenvalue weighted by Gasteiger charge is 2.06. The van der Waals surface area contributed by atoms with E-state index in [2.05, 4.69) is 26.5 Å². The summed E-state index contributed by atoms with van der Waals surface area (Å²) in [6, 6.07) is 19.6. The Morgan fingerprint density at radius 3 is 2.76 bits per heavy atom. The zero-order valence-electron chi connectivity index (χ0n) is 13.7. The molecule has 0 bridgehead atoms. The third-order valence-electron chi connectivity index (χ3n) is 3.81. The molecule has 0 aliphatic rings. The van der Waals surface area contributed by atoms with Crippen LogP contribution in [0.3, 0.4) is 0 Å². The Bertz CT molecular complexity index is 933. The highest BCUT2D eigenvalue weighted by molar-refractivity contribution is 9.10. The molecule has 0 atom stereocenters. The van der Waals surface area contributed by atoms with Crippen molar-refractivity contribution in [3.63, 3.8) is 0 Å². The Morgan fingerprint density at radius 1 is 1.16 bits per heavy atom. The summed E-state index contributed by atoms with van der Waals surface area (Å²) in [5.41, 5.74) is 4.42. The Morgan fingerprint density at radius 2 is 1.96 bits per heavy atom. The first-order valence-corrected chi connectivity index (χ1v) is 8.59. The third-order valence-corrected chi connectivity index (χ3v) is 4.43. The molecule has 3 rings (SSSR count). The fourth-order valence-corrected chi connectivity index (χ4v) is 3.16. The minimum absolute atomic E-state index is 0.153. The molecule has 5 heteroatoms. The van der Waals surface area contributed by atoms with Crippen molar-refractivity contribution in [3.05, 3.63) is 76.3 Å². The molecule has 0 spiro atoms. The van der Waals surface area contributed by atoms with Crippen molar-refractivity contribution >= 4 is 38.8 Å². The van der Waals surface area contributed by atoms with Crippen LogP contribution in [-0.2, 0) is 11.2 Å². The number of nitrogens with zero attached hydrogens (tertiary/aromatic N) is 1. The number of hydrazone groups is 1. The molecule has 0 heterocycles. The number of methoxy groups -OCH3 is 1. The minimum atomic E-state index is -0.153. The molecule has 3 aromatic rings. The Hall–Kier alpha value is -2.66. The van der Waals surface area contributed by atoms with E-state index in [1.54, 1.807) is 13.3 Å². The van der Waals surface area contributed by atoms with E-state index in [1.807, 2.05) is 60.7 Å². The maximum Gasteiger partial charge on any atom is 0.244 e. The number of fused-ring (bicyclic) bond motifs is 1. The molecule has 4 nitrogen and oxygen atoms in total. The second kappa shape index (κ2) is 7.94. The van der Waals surface area contributed by atoms with E-state index in [0.717, 1.165) is 32.1 Å². The van der Waals surface area contributed by atoms with Gasteiger partial charge in [0.1, 0.15) is 5.75 Å². The van der Waals surface area contributed by atoms with Gasteiger partial charge in [-0.15, -0.1) is 0 Å². The van der Waals surface area contributed by atoms with E-state index < -0.39 is 0 Å². The monoisotopic (exact) mass is 396 g/mol. The van der Waals surface area contributed by atoms with E-state index in [-0.39, 0.29) is 12.3 Å². The number of hydrogen-bond donors (Lipinski definition) is 1. The van der Waals surface area contributed by atoms with Crippen molar-refractivity contribution in [1.29, 1.82) is 0 Å². The lowest BCUT2D eigenvalue weighted by atomic mass is 10.0. The van der Waals surface area contributed by atoms with Crippen molar-refractivity contribution in [2.75, 3.05) is 7.11 Å². The number of benzene rings is 3. The molecule has 0 aliphatic carbocycles. The van der Waals surface area contributed by atoms with Gasteiger partial charge in [-0.05, 0) is 56.0 Å². The summed E-state index contributed by atoms with van der Waals surface area (Å²) in [4.78, 5) is 12.2. The number of ether oxygens (including phenoxy) is 1. The Labute approximate surface area is 154 Å². The van der Waals surface area contributed by atoms with Crippen LogP contribution in [0.15, 0.2) is 70.2 Å². The lowest BCUT2D eigenvalue weighted by Crippen LogP contribution is -2.19. The largest absolute Gasteiger partial charge is 0.496 e. The van der Waals surface area contributed by atoms with Crippen LogP contribution in [0.1, 0.15) is 11.1 Å². The van der Waals surface area contributed by atoms with Gasteiger partial charge in [-0.1, -0.05) is 42.5 Å². The van der Waals surface area contributed by atoms with Gasteiger partial charge in [-0.25, -0.2) is 5.43 Å². The second-order valence-corrected chi connectivity index (χ2v) is 6.36. The number of hydrogen-bond acceptors (Lipinski definition) is 3. The molecular formula is C20H17BrN2O2. The molecule has 0 unspecified atom stereocenters. The quantitative estimate of drug-likeness (QED) is 0.516. The maximum atomic E-state index is 12.2. The van der Waals surface area contributed by atoms with Gasteiger partial charge in [0.15, 0.2) is 0 Å². The van der Waals surface area contributed by atoms with Gasteiger partial charge in [0.05, 0.1) is 24.2 Å². The van der Waals surface area contributed by atoms with Crippen LogP contribution in [0, 0.1) is 0 Å². The zero-order chi connectivity index (χ0) is 17.6. The van der Waals surface area contributed by atoms with Crippen LogP contribution >= 0.6 is 15.9 Å². The van der Waals surface area contributed by atoms with E-state index in [0.29, 0.717) is 0 Å². The van der Waals surface area contributed by atoms with Crippen LogP contribution in [0.2, 0.25) is 0 Å². The highest BCUT2D eigenvalue weighted by Crippen LogP contribution is 2.24. The van der Waals surface area contributed by atoms with Gasteiger partial charge < -0.3 is 4.74 Å². The SMILES string of the molecule is COc1ccc(/C=N\NC(=O)Cc2cccc3ccccc23)cc1Br. The maximum absolute atomic E-state index is 12.2. The summed E-state index contributed by atoms with van der Waals surface area (Å²) in [6.07, 6.45) is 1.89. The molecule has 1 amide bonds. The van der Waals surface area contributed by atoms with Gasteiger partial charge >= 0.3 is 0 Å². The summed E-state index contributed by atoms with van der Waals surface area (Å²) in [5, 5.41) is 6.24. The molecule has 0 radical (unpaired) electrons. The molecule has 0 aromatic heterocycles. The fourth-order valence-electron chi connectivity index (χ4n) is 2.60. The van der Waals surface area contributed by atoms with Gasteiger partial charge in [-0.2, -0.15) is 5.10 Å². The van der Waals surface area contributed by atoms with E-state index in [4.69, 9.17) is 4.74 Å². The summed E-state index contributed by atoms with van der Waals surface area (Å²) in [7, 11) is 1.61. The number of amides is 1. The van der Waals surface area contributed by atoms with Gasteiger partial charge in [0.25, 0.3) is 0 Å². The average molecular weight is 397 g/mol. The molecule has 0 saturated carbocycles. The molecular weight excluding hydrogens is 380 g/mol. The molecule has 3 aromatic carbocycles. The average Bonchev–Trinajstić information content (AvgIpc) is 2.62. The number of nitrogens with one attached hydrogen (secondary N) is 1. The standard InChI is InChI=1S/C20H17BrN2O2/c1-25-19-10-9-14(11-18(19)21)13-22-23-20(24)12-16-7-4-6-15-5-2-3-8-17(15)16/h2-11,13H,12H2,1H3,(H,23,24)/b22-13-. The first-order valence-electron chi connectivity index (χ1n) is 7.79. The summed E-state index contributed by atoms with van der Waals surface area (Å²) in [5.74, 6) is 0.595. The lowest BCUT2D eigenvalue weighted by molar-refractivity contribution is -0.120.